The lowest BCUT2D eigenvalue weighted by Gasteiger charge is -2.01. The van der Waals surface area contributed by atoms with Crippen LogP contribution in [0.3, 0.4) is 0 Å². The number of nitrogens with zero attached hydrogens (tertiary/aromatic N) is 2. The van der Waals surface area contributed by atoms with Crippen molar-refractivity contribution in [3.63, 3.8) is 0 Å². The minimum Gasteiger partial charge on any atom is -0.392 e. The summed E-state index contributed by atoms with van der Waals surface area (Å²) < 4.78 is 6.23. The highest BCUT2D eigenvalue weighted by Crippen LogP contribution is 2.29. The van der Waals surface area contributed by atoms with Gasteiger partial charge in [0.05, 0.1) is 17.0 Å². The van der Waals surface area contributed by atoms with Gasteiger partial charge in [-0.2, -0.15) is 4.98 Å². The van der Waals surface area contributed by atoms with E-state index in [0.717, 1.165) is 9.35 Å². The largest absolute Gasteiger partial charge is 0.392 e. The van der Waals surface area contributed by atoms with Gasteiger partial charge in [-0.25, -0.2) is 0 Å². The quantitative estimate of drug-likeness (QED) is 0.886. The molecule has 0 bridgehead atoms. The van der Waals surface area contributed by atoms with Crippen LogP contribution in [-0.2, 0) is 0 Å². The lowest BCUT2D eigenvalue weighted by Crippen LogP contribution is -2.15. The zero-order valence-corrected chi connectivity index (χ0v) is 11.2. The third-order valence-corrected chi connectivity index (χ3v) is 4.32. The predicted molar refractivity (Wildman–Crippen MR) is 66.7 cm³/mol. The second-order valence-electron chi connectivity index (χ2n) is 3.94. The molecule has 2 aromatic heterocycles. The monoisotopic (exact) mass is 315 g/mol. The van der Waals surface area contributed by atoms with Crippen LogP contribution in [-0.4, -0.2) is 27.9 Å². The van der Waals surface area contributed by atoms with Crippen LogP contribution in [0.5, 0.6) is 0 Å². The normalized spacial score (nSPS) is 24.4. The molecule has 0 amide bonds. The molecule has 2 N–H and O–H groups in total. The van der Waals surface area contributed by atoms with Crippen LogP contribution in [0.2, 0.25) is 0 Å². The lowest BCUT2D eigenvalue weighted by atomic mass is 10.2. The lowest BCUT2D eigenvalue weighted by molar-refractivity contribution is 0.191. The molecule has 3 rings (SSSR count). The Morgan fingerprint density at radius 2 is 2.47 bits per heavy atom. The minimum atomic E-state index is -0.328. The summed E-state index contributed by atoms with van der Waals surface area (Å²) in [6.45, 7) is 0.576. The molecule has 2 aromatic rings. The standard InChI is InChI=1S/C10H10BrN3O2S/c11-5-1-8(17-4-5)9-13-10(16-14-9)7-2-6(15)3-12-7/h1,4,6-7,12,15H,2-3H2/t6-,7-/m1/s1. The van der Waals surface area contributed by atoms with Crippen LogP contribution >= 0.6 is 27.3 Å². The van der Waals surface area contributed by atoms with E-state index in [-0.39, 0.29) is 12.1 Å². The fourth-order valence-electron chi connectivity index (χ4n) is 1.81. The molecule has 5 nitrogen and oxygen atoms in total. The molecule has 7 heteroatoms. The zero-order chi connectivity index (χ0) is 11.8. The molecule has 3 heterocycles. The van der Waals surface area contributed by atoms with Gasteiger partial charge in [-0.1, -0.05) is 5.16 Å². The van der Waals surface area contributed by atoms with Gasteiger partial charge < -0.3 is 14.9 Å². The number of aliphatic hydroxyl groups is 1. The van der Waals surface area contributed by atoms with Gasteiger partial charge in [0.1, 0.15) is 0 Å². The molecular weight excluding hydrogens is 306 g/mol. The maximum Gasteiger partial charge on any atom is 0.244 e. The highest BCUT2D eigenvalue weighted by Gasteiger charge is 2.28. The van der Waals surface area contributed by atoms with Crippen molar-refractivity contribution >= 4 is 27.3 Å². The van der Waals surface area contributed by atoms with E-state index in [1.165, 1.54) is 0 Å². The van der Waals surface area contributed by atoms with Gasteiger partial charge in [0.2, 0.25) is 11.7 Å². The number of hydrogen-bond acceptors (Lipinski definition) is 6. The fourth-order valence-corrected chi connectivity index (χ4v) is 3.16. The van der Waals surface area contributed by atoms with E-state index < -0.39 is 0 Å². The SMILES string of the molecule is O[C@H]1CN[C@@H](c2nc(-c3cc(Br)cs3)no2)C1. The average Bonchev–Trinajstić information content (AvgIpc) is 2.96. The molecule has 2 atom stereocenters. The molecule has 0 saturated carbocycles. The first-order chi connectivity index (χ1) is 8.22. The first kappa shape index (κ1) is 11.3. The number of aromatic nitrogens is 2. The molecule has 0 aliphatic carbocycles. The highest BCUT2D eigenvalue weighted by atomic mass is 79.9. The first-order valence-electron chi connectivity index (χ1n) is 5.22. The van der Waals surface area contributed by atoms with E-state index >= 15 is 0 Å². The van der Waals surface area contributed by atoms with Crippen molar-refractivity contribution in [3.05, 3.63) is 21.8 Å². The highest BCUT2D eigenvalue weighted by molar-refractivity contribution is 9.10. The number of rotatable bonds is 2. The summed E-state index contributed by atoms with van der Waals surface area (Å²) in [5.41, 5.74) is 0. The summed E-state index contributed by atoms with van der Waals surface area (Å²) in [6.07, 6.45) is 0.293. The summed E-state index contributed by atoms with van der Waals surface area (Å²) in [5.74, 6) is 1.14. The molecule has 1 aliphatic heterocycles. The Labute approximate surface area is 110 Å². The molecule has 90 valence electrons. The van der Waals surface area contributed by atoms with E-state index in [1.54, 1.807) is 11.3 Å². The van der Waals surface area contributed by atoms with Crippen molar-refractivity contribution in [2.75, 3.05) is 6.54 Å². The van der Waals surface area contributed by atoms with Crippen LogP contribution in [0.15, 0.2) is 20.4 Å². The van der Waals surface area contributed by atoms with Crippen LogP contribution in [0.25, 0.3) is 10.7 Å². The van der Waals surface area contributed by atoms with Crippen molar-refractivity contribution in [1.82, 2.24) is 15.5 Å². The summed E-state index contributed by atoms with van der Waals surface area (Å²) >= 11 is 4.95. The number of β-amino-alcohol motifs (C(OH)–C–C–N with tert-alkyl or cyclic N) is 1. The third kappa shape index (κ3) is 2.28. The Morgan fingerprint density at radius 3 is 3.12 bits per heavy atom. The van der Waals surface area contributed by atoms with Crippen LogP contribution < -0.4 is 5.32 Å². The van der Waals surface area contributed by atoms with E-state index in [1.807, 2.05) is 11.4 Å². The second kappa shape index (κ2) is 4.49. The maximum absolute atomic E-state index is 9.43. The van der Waals surface area contributed by atoms with E-state index in [9.17, 15) is 5.11 Å². The third-order valence-electron chi connectivity index (χ3n) is 2.64. The Kier molecular flexibility index (Phi) is 2.99. The molecular formula is C10H10BrN3O2S. The zero-order valence-electron chi connectivity index (χ0n) is 8.76. The van der Waals surface area contributed by atoms with Gasteiger partial charge in [0, 0.05) is 16.4 Å². The van der Waals surface area contributed by atoms with Crippen LogP contribution in [0.1, 0.15) is 18.4 Å². The van der Waals surface area contributed by atoms with Crippen molar-refractivity contribution in [2.45, 2.75) is 18.6 Å². The molecule has 1 saturated heterocycles. The van der Waals surface area contributed by atoms with Crippen molar-refractivity contribution < 1.29 is 9.63 Å². The van der Waals surface area contributed by atoms with Gasteiger partial charge in [0.25, 0.3) is 0 Å². The Morgan fingerprint density at radius 1 is 1.59 bits per heavy atom. The van der Waals surface area contributed by atoms with Gasteiger partial charge in [-0.05, 0) is 28.4 Å². The number of thiophene rings is 1. The number of hydrogen-bond donors (Lipinski definition) is 2. The molecule has 17 heavy (non-hydrogen) atoms. The summed E-state index contributed by atoms with van der Waals surface area (Å²) in [5, 5.41) is 18.5. The van der Waals surface area contributed by atoms with Crippen molar-refractivity contribution in [2.24, 2.45) is 0 Å². The molecule has 0 spiro atoms. The van der Waals surface area contributed by atoms with E-state index in [2.05, 4.69) is 31.4 Å². The Bertz CT molecular complexity index is 527. The van der Waals surface area contributed by atoms with Crippen molar-refractivity contribution in [3.8, 4) is 10.7 Å². The second-order valence-corrected chi connectivity index (χ2v) is 5.76. The molecule has 0 radical (unpaired) electrons. The van der Waals surface area contributed by atoms with Gasteiger partial charge >= 0.3 is 0 Å². The Hall–Kier alpha value is -0.760. The molecule has 0 aromatic carbocycles. The van der Waals surface area contributed by atoms with E-state index in [4.69, 9.17) is 4.52 Å². The topological polar surface area (TPSA) is 71.2 Å². The predicted octanol–water partition coefficient (Wildman–Crippen LogP) is 1.96. The first-order valence-corrected chi connectivity index (χ1v) is 6.89. The van der Waals surface area contributed by atoms with Gasteiger partial charge in [0.15, 0.2) is 0 Å². The smallest absolute Gasteiger partial charge is 0.244 e. The number of halogens is 1. The average molecular weight is 316 g/mol. The molecule has 0 unspecified atom stereocenters. The van der Waals surface area contributed by atoms with Gasteiger partial charge in [-0.3, -0.25) is 0 Å². The Balaban J connectivity index is 1.83. The van der Waals surface area contributed by atoms with E-state index in [0.29, 0.717) is 24.7 Å². The fraction of sp³-hybridized carbons (Fsp3) is 0.400. The van der Waals surface area contributed by atoms with Gasteiger partial charge in [-0.15, -0.1) is 11.3 Å². The molecule has 1 fully saturated rings. The summed E-state index contributed by atoms with van der Waals surface area (Å²) in [4.78, 5) is 5.31. The summed E-state index contributed by atoms with van der Waals surface area (Å²) in [7, 11) is 0. The number of aliphatic hydroxyl groups excluding tert-OH is 1. The minimum absolute atomic E-state index is 0.0327. The van der Waals surface area contributed by atoms with Crippen LogP contribution in [0.4, 0.5) is 0 Å². The maximum atomic E-state index is 9.43. The van der Waals surface area contributed by atoms with Crippen LogP contribution in [0, 0.1) is 0 Å². The summed E-state index contributed by atoms with van der Waals surface area (Å²) in [6, 6.07) is 1.92. The number of nitrogens with one attached hydrogen (secondary N) is 1. The van der Waals surface area contributed by atoms with Crippen molar-refractivity contribution in [1.29, 1.82) is 0 Å². The molecule has 1 aliphatic rings.